The number of aliphatic hydroxyl groups excluding tert-OH is 1. The van der Waals surface area contributed by atoms with Crippen molar-refractivity contribution in [2.75, 3.05) is 24.7 Å². The van der Waals surface area contributed by atoms with E-state index in [0.29, 0.717) is 12.1 Å². The Morgan fingerprint density at radius 1 is 1.30 bits per heavy atom. The van der Waals surface area contributed by atoms with E-state index in [0.717, 1.165) is 37.2 Å². The molecule has 5 nitrogen and oxygen atoms in total. The van der Waals surface area contributed by atoms with E-state index in [2.05, 4.69) is 10.4 Å². The molecule has 0 aromatic heterocycles. The SMILES string of the molecule is CCC(CC)(CO)CNC(=O)c1ccc(N2CCC(C)=N2)cc1. The first-order valence-electron chi connectivity index (χ1n) is 8.34. The Kier molecular flexibility index (Phi) is 5.77. The van der Waals surface area contributed by atoms with E-state index in [4.69, 9.17) is 0 Å². The number of nitrogens with one attached hydrogen (secondary N) is 1. The van der Waals surface area contributed by atoms with Gasteiger partial charge in [0.05, 0.1) is 12.3 Å². The molecule has 0 bridgehead atoms. The number of amides is 1. The summed E-state index contributed by atoms with van der Waals surface area (Å²) < 4.78 is 0. The van der Waals surface area contributed by atoms with Crippen LogP contribution in [0.5, 0.6) is 0 Å². The summed E-state index contributed by atoms with van der Waals surface area (Å²) in [4.78, 5) is 12.3. The van der Waals surface area contributed by atoms with Crippen molar-refractivity contribution in [2.24, 2.45) is 10.5 Å². The highest BCUT2D eigenvalue weighted by molar-refractivity contribution is 5.94. The number of aliphatic hydroxyl groups is 1. The monoisotopic (exact) mass is 317 g/mol. The van der Waals surface area contributed by atoms with Crippen LogP contribution in [0.3, 0.4) is 0 Å². The van der Waals surface area contributed by atoms with Crippen molar-refractivity contribution in [3.8, 4) is 0 Å². The summed E-state index contributed by atoms with van der Waals surface area (Å²) in [7, 11) is 0. The molecule has 0 aliphatic carbocycles. The van der Waals surface area contributed by atoms with E-state index in [1.165, 1.54) is 0 Å². The number of hydrazone groups is 1. The number of benzene rings is 1. The van der Waals surface area contributed by atoms with Crippen LogP contribution in [0.1, 0.15) is 50.4 Å². The molecule has 0 fully saturated rings. The first kappa shape index (κ1) is 17.5. The van der Waals surface area contributed by atoms with Crippen molar-refractivity contribution in [3.05, 3.63) is 29.8 Å². The number of nitrogens with zero attached hydrogens (tertiary/aromatic N) is 2. The fourth-order valence-corrected chi connectivity index (χ4v) is 2.69. The lowest BCUT2D eigenvalue weighted by molar-refractivity contribution is 0.0851. The molecule has 5 heteroatoms. The third-order valence-corrected chi connectivity index (χ3v) is 4.86. The van der Waals surface area contributed by atoms with Gasteiger partial charge in [0.2, 0.25) is 0 Å². The van der Waals surface area contributed by atoms with E-state index >= 15 is 0 Å². The van der Waals surface area contributed by atoms with Gasteiger partial charge in [-0.2, -0.15) is 5.10 Å². The maximum absolute atomic E-state index is 12.3. The molecule has 0 saturated carbocycles. The molecular formula is C18H27N3O2. The molecule has 1 heterocycles. The minimum Gasteiger partial charge on any atom is -0.396 e. The van der Waals surface area contributed by atoms with E-state index < -0.39 is 0 Å². The lowest BCUT2D eigenvalue weighted by Crippen LogP contribution is -2.39. The van der Waals surface area contributed by atoms with Gasteiger partial charge in [0, 0.05) is 36.2 Å². The molecule has 1 aliphatic rings. The average Bonchev–Trinajstić information content (AvgIpc) is 3.03. The first-order valence-corrected chi connectivity index (χ1v) is 8.34. The summed E-state index contributed by atoms with van der Waals surface area (Å²) in [6.07, 6.45) is 2.66. The Labute approximate surface area is 138 Å². The van der Waals surface area contributed by atoms with Crippen LogP contribution >= 0.6 is 0 Å². The van der Waals surface area contributed by atoms with Crippen LogP contribution in [0.15, 0.2) is 29.4 Å². The highest BCUT2D eigenvalue weighted by atomic mass is 16.3. The Hall–Kier alpha value is -1.88. The molecule has 0 radical (unpaired) electrons. The summed E-state index contributed by atoms with van der Waals surface area (Å²) >= 11 is 0. The third kappa shape index (κ3) is 4.10. The van der Waals surface area contributed by atoms with Crippen LogP contribution in [0.4, 0.5) is 5.69 Å². The Bertz CT molecular complexity index is 554. The highest BCUT2D eigenvalue weighted by Crippen LogP contribution is 2.25. The fraction of sp³-hybridized carbons (Fsp3) is 0.556. The van der Waals surface area contributed by atoms with Crippen molar-refractivity contribution < 1.29 is 9.90 Å². The molecule has 0 spiro atoms. The number of carbonyl (C=O) groups excluding carboxylic acids is 1. The second-order valence-corrected chi connectivity index (χ2v) is 6.30. The highest BCUT2D eigenvalue weighted by Gasteiger charge is 2.26. The van der Waals surface area contributed by atoms with Gasteiger partial charge in [-0.05, 0) is 44.0 Å². The normalized spacial score (nSPS) is 14.8. The van der Waals surface area contributed by atoms with Crippen molar-refractivity contribution in [1.29, 1.82) is 0 Å². The van der Waals surface area contributed by atoms with Crippen LogP contribution in [-0.2, 0) is 0 Å². The first-order chi connectivity index (χ1) is 11.0. The summed E-state index contributed by atoms with van der Waals surface area (Å²) in [5, 5.41) is 18.9. The molecule has 1 aliphatic heterocycles. The van der Waals surface area contributed by atoms with Crippen molar-refractivity contribution in [1.82, 2.24) is 5.32 Å². The fourth-order valence-electron chi connectivity index (χ4n) is 2.69. The van der Waals surface area contributed by atoms with Gasteiger partial charge in [-0.25, -0.2) is 0 Å². The molecule has 1 aromatic rings. The van der Waals surface area contributed by atoms with E-state index in [1.54, 1.807) is 0 Å². The second kappa shape index (κ2) is 7.59. The zero-order valence-electron chi connectivity index (χ0n) is 14.3. The third-order valence-electron chi connectivity index (χ3n) is 4.86. The van der Waals surface area contributed by atoms with Crippen LogP contribution in [0.2, 0.25) is 0 Å². The largest absolute Gasteiger partial charge is 0.396 e. The molecule has 1 aromatic carbocycles. The van der Waals surface area contributed by atoms with Crippen LogP contribution in [-0.4, -0.2) is 36.4 Å². The second-order valence-electron chi connectivity index (χ2n) is 6.30. The molecule has 2 rings (SSSR count). The summed E-state index contributed by atoms with van der Waals surface area (Å²) in [5.41, 5.74) is 2.54. The van der Waals surface area contributed by atoms with E-state index in [1.807, 2.05) is 50.0 Å². The number of hydrogen-bond acceptors (Lipinski definition) is 4. The van der Waals surface area contributed by atoms with Gasteiger partial charge in [-0.15, -0.1) is 0 Å². The van der Waals surface area contributed by atoms with Crippen LogP contribution in [0, 0.1) is 5.41 Å². The van der Waals surface area contributed by atoms with Gasteiger partial charge in [-0.1, -0.05) is 13.8 Å². The predicted octanol–water partition coefficient (Wildman–Crippen LogP) is 2.80. The van der Waals surface area contributed by atoms with Crippen molar-refractivity contribution >= 4 is 17.3 Å². The molecule has 23 heavy (non-hydrogen) atoms. The quantitative estimate of drug-likeness (QED) is 0.813. The van der Waals surface area contributed by atoms with Gasteiger partial charge in [0.25, 0.3) is 5.91 Å². The summed E-state index contributed by atoms with van der Waals surface area (Å²) in [6, 6.07) is 7.50. The molecule has 0 atom stereocenters. The van der Waals surface area contributed by atoms with Gasteiger partial charge >= 0.3 is 0 Å². The van der Waals surface area contributed by atoms with Crippen LogP contribution in [0.25, 0.3) is 0 Å². The van der Waals surface area contributed by atoms with E-state index in [-0.39, 0.29) is 17.9 Å². The summed E-state index contributed by atoms with van der Waals surface area (Å²) in [6.45, 7) is 7.58. The number of anilines is 1. The number of hydrogen-bond donors (Lipinski definition) is 2. The van der Waals surface area contributed by atoms with Crippen molar-refractivity contribution in [2.45, 2.75) is 40.0 Å². The van der Waals surface area contributed by atoms with E-state index in [9.17, 15) is 9.90 Å². The standard InChI is InChI=1S/C18H27N3O2/c1-4-18(5-2,13-22)12-19-17(23)15-6-8-16(9-7-15)21-11-10-14(3)20-21/h6-9,22H,4-5,10-13H2,1-3H3,(H,19,23). The molecule has 126 valence electrons. The smallest absolute Gasteiger partial charge is 0.251 e. The van der Waals surface area contributed by atoms with Gasteiger partial charge in [0.15, 0.2) is 0 Å². The van der Waals surface area contributed by atoms with Crippen LogP contribution < -0.4 is 10.3 Å². The Balaban J connectivity index is 1.98. The van der Waals surface area contributed by atoms with Crippen molar-refractivity contribution in [3.63, 3.8) is 0 Å². The zero-order valence-corrected chi connectivity index (χ0v) is 14.3. The lowest BCUT2D eigenvalue weighted by Gasteiger charge is -2.29. The zero-order chi connectivity index (χ0) is 16.9. The van der Waals surface area contributed by atoms with Gasteiger partial charge in [-0.3, -0.25) is 9.80 Å². The van der Waals surface area contributed by atoms with Gasteiger partial charge < -0.3 is 10.4 Å². The Morgan fingerprint density at radius 3 is 2.43 bits per heavy atom. The number of carbonyl (C=O) groups is 1. The van der Waals surface area contributed by atoms with Gasteiger partial charge in [0.1, 0.15) is 0 Å². The summed E-state index contributed by atoms with van der Waals surface area (Å²) in [5.74, 6) is -0.0996. The molecule has 0 saturated heterocycles. The minimum absolute atomic E-state index is 0.0888. The molecular weight excluding hydrogens is 290 g/mol. The average molecular weight is 317 g/mol. The molecule has 1 amide bonds. The minimum atomic E-state index is -0.225. The Morgan fingerprint density at radius 2 is 1.96 bits per heavy atom. The predicted molar refractivity (Wildman–Crippen MR) is 93.9 cm³/mol. The maximum atomic E-state index is 12.3. The molecule has 2 N–H and O–H groups in total. The lowest BCUT2D eigenvalue weighted by atomic mass is 9.83. The number of rotatable bonds is 7. The maximum Gasteiger partial charge on any atom is 0.251 e. The molecule has 0 unspecified atom stereocenters. The topological polar surface area (TPSA) is 64.9 Å².